The van der Waals surface area contributed by atoms with Gasteiger partial charge in [0.05, 0.1) is 33.0 Å². The van der Waals surface area contributed by atoms with Crippen LogP contribution in [0.4, 0.5) is 0 Å². The van der Waals surface area contributed by atoms with E-state index in [-0.39, 0.29) is 6.10 Å². The zero-order chi connectivity index (χ0) is 15.3. The quantitative estimate of drug-likeness (QED) is 0.249. The third kappa shape index (κ3) is 4.62. The van der Waals surface area contributed by atoms with E-state index in [1.807, 2.05) is 0 Å². The van der Waals surface area contributed by atoms with Gasteiger partial charge in [0.25, 0.3) is 0 Å². The normalized spacial score (nSPS) is 36.4. The second-order valence-electron chi connectivity index (χ2n) is 6.03. The van der Waals surface area contributed by atoms with Gasteiger partial charge in [0, 0.05) is 12.1 Å². The molecule has 7 heteroatoms. The molecule has 21 heavy (non-hydrogen) atoms. The van der Waals surface area contributed by atoms with Crippen LogP contribution in [0.2, 0.25) is 6.04 Å². The summed E-state index contributed by atoms with van der Waals surface area (Å²) in [4.78, 5) is 11.0. The second kappa shape index (κ2) is 7.02. The SMILES string of the molecule is C=CC(=O)OCCC[Si]12OCC[N+](C)(CCO1)CC(C)O2. The topological polar surface area (TPSA) is 54.0 Å². The minimum atomic E-state index is -2.63. The van der Waals surface area contributed by atoms with Gasteiger partial charge >= 0.3 is 14.8 Å². The lowest BCUT2D eigenvalue weighted by Crippen LogP contribution is -2.63. The number of rotatable bonds is 5. The van der Waals surface area contributed by atoms with Crippen LogP contribution in [-0.2, 0) is 22.8 Å². The van der Waals surface area contributed by atoms with Crippen LogP contribution in [0.25, 0.3) is 0 Å². The number of quaternary nitrogens is 1. The first-order chi connectivity index (χ1) is 9.97. The lowest BCUT2D eigenvalue weighted by Gasteiger charge is -2.45. The van der Waals surface area contributed by atoms with Gasteiger partial charge in [-0.15, -0.1) is 0 Å². The molecule has 0 aliphatic carbocycles. The first-order valence-electron chi connectivity index (χ1n) is 7.55. The Balaban J connectivity index is 1.92. The highest BCUT2D eigenvalue weighted by Gasteiger charge is 2.48. The van der Waals surface area contributed by atoms with Crippen LogP contribution in [0.15, 0.2) is 12.7 Å². The van der Waals surface area contributed by atoms with Crippen LogP contribution >= 0.6 is 0 Å². The number of carbonyl (C=O) groups is 1. The summed E-state index contributed by atoms with van der Waals surface area (Å²) >= 11 is 0. The maximum absolute atomic E-state index is 11.0. The third-order valence-electron chi connectivity index (χ3n) is 4.02. The van der Waals surface area contributed by atoms with E-state index in [2.05, 4.69) is 20.6 Å². The van der Waals surface area contributed by atoms with E-state index in [0.717, 1.165) is 24.1 Å². The fraction of sp³-hybridized carbons (Fsp3) is 0.786. The zero-order valence-electron chi connectivity index (χ0n) is 13.0. The second-order valence-corrected chi connectivity index (χ2v) is 8.71. The van der Waals surface area contributed by atoms with E-state index in [4.69, 9.17) is 18.0 Å². The Labute approximate surface area is 127 Å². The van der Waals surface area contributed by atoms with Crippen molar-refractivity contribution in [3.63, 3.8) is 0 Å². The molecule has 0 saturated carbocycles. The van der Waals surface area contributed by atoms with E-state index >= 15 is 0 Å². The van der Waals surface area contributed by atoms with Crippen molar-refractivity contribution in [2.24, 2.45) is 0 Å². The summed E-state index contributed by atoms with van der Waals surface area (Å²) in [6.45, 7) is 10.1. The molecule has 2 bridgehead atoms. The van der Waals surface area contributed by atoms with Gasteiger partial charge in [-0.2, -0.15) is 0 Å². The summed E-state index contributed by atoms with van der Waals surface area (Å²) in [7, 11) is -0.409. The molecular formula is C14H26NO5Si+. The summed E-state index contributed by atoms with van der Waals surface area (Å²) in [5.74, 6) is -0.395. The van der Waals surface area contributed by atoms with Crippen LogP contribution in [0.5, 0.6) is 0 Å². The molecule has 0 radical (unpaired) electrons. The first kappa shape index (κ1) is 16.6. The Bertz CT molecular complexity index is 380. The molecule has 0 aromatic rings. The Morgan fingerprint density at radius 1 is 1.43 bits per heavy atom. The largest absolute Gasteiger partial charge is 0.501 e. The molecule has 3 fully saturated rings. The van der Waals surface area contributed by atoms with Crippen LogP contribution in [0.1, 0.15) is 13.3 Å². The molecule has 3 rings (SSSR count). The summed E-state index contributed by atoms with van der Waals surface area (Å²) in [5, 5.41) is 0. The van der Waals surface area contributed by atoms with Crippen molar-refractivity contribution >= 4 is 14.8 Å². The van der Waals surface area contributed by atoms with Crippen molar-refractivity contribution in [3.05, 3.63) is 12.7 Å². The number of ether oxygens (including phenoxy) is 1. The molecule has 6 nitrogen and oxygen atoms in total. The minimum absolute atomic E-state index is 0.123. The average Bonchev–Trinajstić information content (AvgIpc) is 2.39. The first-order valence-corrected chi connectivity index (χ1v) is 9.49. The third-order valence-corrected chi connectivity index (χ3v) is 7.04. The molecule has 1 atom stereocenters. The molecule has 1 unspecified atom stereocenters. The van der Waals surface area contributed by atoms with Gasteiger partial charge in [0.1, 0.15) is 19.6 Å². The number of carbonyl (C=O) groups excluding carboxylic acids is 1. The number of nitrogens with zero attached hydrogens (tertiary/aromatic N) is 1. The lowest BCUT2D eigenvalue weighted by molar-refractivity contribution is -0.914. The lowest BCUT2D eigenvalue weighted by atomic mass is 10.3. The number of likely N-dealkylation sites (N-methyl/N-ethyl adjacent to an activating group) is 1. The smallest absolute Gasteiger partial charge is 0.463 e. The van der Waals surface area contributed by atoms with Gasteiger partial charge in [0.2, 0.25) is 0 Å². The van der Waals surface area contributed by atoms with Crippen molar-refractivity contribution in [1.29, 1.82) is 0 Å². The zero-order valence-corrected chi connectivity index (χ0v) is 14.0. The fourth-order valence-corrected chi connectivity index (χ4v) is 5.63. The monoisotopic (exact) mass is 316 g/mol. The molecule has 0 spiro atoms. The standard InChI is InChI=1S/C14H26NO5Si/c1-4-14(16)17-8-5-11-21-18-9-6-15(3,7-10-19-21)12-13(2)20-21/h4,13H,1,5-12H2,2-3H3/q+1. The van der Waals surface area contributed by atoms with E-state index < -0.39 is 14.8 Å². The van der Waals surface area contributed by atoms with Crippen molar-refractivity contribution in [2.75, 3.05) is 46.5 Å². The van der Waals surface area contributed by atoms with Gasteiger partial charge in [-0.1, -0.05) is 6.58 Å². The maximum Gasteiger partial charge on any atom is 0.501 e. The Kier molecular flexibility index (Phi) is 5.56. The minimum Gasteiger partial charge on any atom is -0.463 e. The van der Waals surface area contributed by atoms with Gasteiger partial charge in [-0.25, -0.2) is 4.79 Å². The Morgan fingerprint density at radius 2 is 2.10 bits per heavy atom. The van der Waals surface area contributed by atoms with Crippen molar-refractivity contribution < 1.29 is 27.3 Å². The molecule has 0 N–H and O–H groups in total. The van der Waals surface area contributed by atoms with Crippen LogP contribution in [-0.4, -0.2) is 71.9 Å². The van der Waals surface area contributed by atoms with Gasteiger partial charge in [0.15, 0.2) is 0 Å². The predicted octanol–water partition coefficient (Wildman–Crippen LogP) is 0.957. The summed E-state index contributed by atoms with van der Waals surface area (Å²) in [5.41, 5.74) is 0. The molecule has 3 aliphatic heterocycles. The molecule has 120 valence electrons. The predicted molar refractivity (Wildman–Crippen MR) is 79.6 cm³/mol. The number of fused-ring (bicyclic) bond motifs is 6. The van der Waals surface area contributed by atoms with Crippen LogP contribution < -0.4 is 0 Å². The highest BCUT2D eigenvalue weighted by Crippen LogP contribution is 2.26. The molecule has 3 heterocycles. The molecule has 0 amide bonds. The van der Waals surface area contributed by atoms with E-state index in [1.54, 1.807) is 0 Å². The van der Waals surface area contributed by atoms with Gasteiger partial charge in [-0.3, -0.25) is 0 Å². The molecular weight excluding hydrogens is 290 g/mol. The summed E-state index contributed by atoms with van der Waals surface area (Å²) in [6.07, 6.45) is 1.98. The van der Waals surface area contributed by atoms with Crippen LogP contribution in [0, 0.1) is 0 Å². The average molecular weight is 316 g/mol. The summed E-state index contributed by atoms with van der Waals surface area (Å²) in [6, 6.07) is 0.686. The molecule has 0 aromatic carbocycles. The fourth-order valence-electron chi connectivity index (χ4n) is 2.94. The highest BCUT2D eigenvalue weighted by atomic mass is 28.4. The van der Waals surface area contributed by atoms with E-state index in [1.165, 1.54) is 6.08 Å². The summed E-state index contributed by atoms with van der Waals surface area (Å²) < 4.78 is 24.2. The Hall–Kier alpha value is -0.733. The number of hydrogen-bond donors (Lipinski definition) is 0. The highest BCUT2D eigenvalue weighted by molar-refractivity contribution is 6.60. The molecule has 3 aliphatic rings. The van der Waals surface area contributed by atoms with Gasteiger partial charge in [-0.05, 0) is 13.3 Å². The van der Waals surface area contributed by atoms with Gasteiger partial charge < -0.3 is 22.5 Å². The maximum atomic E-state index is 11.0. The van der Waals surface area contributed by atoms with E-state index in [0.29, 0.717) is 32.3 Å². The van der Waals surface area contributed by atoms with Crippen molar-refractivity contribution in [1.82, 2.24) is 0 Å². The van der Waals surface area contributed by atoms with Crippen molar-refractivity contribution in [2.45, 2.75) is 25.5 Å². The molecule has 3 saturated heterocycles. The number of hydrogen-bond acceptors (Lipinski definition) is 5. The Morgan fingerprint density at radius 3 is 2.71 bits per heavy atom. The number of esters is 1. The van der Waals surface area contributed by atoms with Crippen molar-refractivity contribution in [3.8, 4) is 0 Å². The van der Waals surface area contributed by atoms with Crippen LogP contribution in [0.3, 0.4) is 0 Å². The molecule has 0 aromatic heterocycles. The van der Waals surface area contributed by atoms with E-state index in [9.17, 15) is 4.79 Å².